The minimum absolute atomic E-state index is 0.151. The molecule has 0 fully saturated rings. The van der Waals surface area contributed by atoms with E-state index in [1.165, 1.54) is 9.36 Å². The molecule has 0 spiro atoms. The third kappa shape index (κ3) is 21.7. The lowest BCUT2D eigenvalue weighted by molar-refractivity contribution is 0.338. The third-order valence-electron chi connectivity index (χ3n) is 6.84. The minimum Gasteiger partial charge on any atom is -0.400 e. The SMILES string of the molecule is C=C(\C=C/C(/C=C/c1cnn(C(C)(C)C)c(=O)c1Cl)=C\C)CCC.CC.CC.CCCC#Cc1ccc(CF)cc1.CO.Cc1[nH]n(C(C)(C)C)c(=O)c1Cl. The van der Waals surface area contributed by atoms with Crippen molar-refractivity contribution >= 4 is 29.3 Å². The number of unbranched alkanes of at least 4 members (excludes halogenated alkanes) is 1. The van der Waals surface area contributed by atoms with Crippen molar-refractivity contribution in [2.75, 3.05) is 7.11 Å². The number of rotatable bonds is 8. The predicted octanol–water partition coefficient (Wildman–Crippen LogP) is 12.4. The molecule has 0 saturated carbocycles. The predicted molar refractivity (Wildman–Crippen MR) is 238 cm³/mol. The van der Waals surface area contributed by atoms with Gasteiger partial charge in [0.25, 0.3) is 11.1 Å². The Bertz CT molecular complexity index is 1790. The van der Waals surface area contributed by atoms with E-state index in [2.05, 4.69) is 42.5 Å². The summed E-state index contributed by atoms with van der Waals surface area (Å²) in [6.07, 6.45) is 15.4. The number of alkyl halides is 1. The molecule has 2 aromatic heterocycles. The molecule has 7 nitrogen and oxygen atoms in total. The quantitative estimate of drug-likeness (QED) is 0.175. The topological polar surface area (TPSA) is 92.9 Å². The number of aliphatic hydroxyl groups is 1. The highest BCUT2D eigenvalue weighted by atomic mass is 35.5. The van der Waals surface area contributed by atoms with Crippen LogP contribution in [0.4, 0.5) is 4.39 Å². The van der Waals surface area contributed by atoms with Gasteiger partial charge < -0.3 is 5.11 Å². The molecule has 308 valence electrons. The first-order valence-corrected chi connectivity index (χ1v) is 19.7. The number of halogens is 3. The average molecular weight is 804 g/mol. The number of benzene rings is 1. The lowest BCUT2D eigenvalue weighted by Gasteiger charge is -2.20. The molecule has 0 aliphatic heterocycles. The zero-order valence-electron chi connectivity index (χ0n) is 36.3. The van der Waals surface area contributed by atoms with Crippen LogP contribution in [-0.2, 0) is 17.8 Å². The van der Waals surface area contributed by atoms with Crippen molar-refractivity contribution in [1.82, 2.24) is 19.6 Å². The molecular formula is C45H69Cl2FN4O3. The Morgan fingerprint density at radius 1 is 0.909 bits per heavy atom. The molecule has 2 N–H and O–H groups in total. The maximum atomic E-state index is 12.3. The third-order valence-corrected chi connectivity index (χ3v) is 7.66. The maximum Gasteiger partial charge on any atom is 0.286 e. The number of nitrogens with one attached hydrogen (secondary N) is 1. The molecule has 3 rings (SSSR count). The summed E-state index contributed by atoms with van der Waals surface area (Å²) in [5.74, 6) is 6.07. The second-order valence-corrected chi connectivity index (χ2v) is 14.2. The minimum atomic E-state index is -0.403. The lowest BCUT2D eigenvalue weighted by Crippen LogP contribution is -2.36. The van der Waals surface area contributed by atoms with E-state index in [1.807, 2.05) is 119 Å². The number of hydrogen-bond acceptors (Lipinski definition) is 4. The highest BCUT2D eigenvalue weighted by molar-refractivity contribution is 6.31. The Morgan fingerprint density at radius 2 is 1.47 bits per heavy atom. The molecule has 0 radical (unpaired) electrons. The summed E-state index contributed by atoms with van der Waals surface area (Å²) >= 11 is 12.0. The number of allylic oxidation sites excluding steroid dienone is 6. The van der Waals surface area contributed by atoms with Gasteiger partial charge in [-0.1, -0.05) is 138 Å². The smallest absolute Gasteiger partial charge is 0.286 e. The van der Waals surface area contributed by atoms with Crippen molar-refractivity contribution in [3.05, 3.63) is 126 Å². The Labute approximate surface area is 342 Å². The summed E-state index contributed by atoms with van der Waals surface area (Å²) in [7, 11) is 1.00. The zero-order valence-corrected chi connectivity index (χ0v) is 37.8. The van der Waals surface area contributed by atoms with Crippen LogP contribution < -0.4 is 11.1 Å². The van der Waals surface area contributed by atoms with Gasteiger partial charge in [0.2, 0.25) is 0 Å². The van der Waals surface area contributed by atoms with Crippen molar-refractivity contribution in [2.45, 2.75) is 140 Å². The van der Waals surface area contributed by atoms with Gasteiger partial charge in [-0.25, -0.2) is 13.8 Å². The van der Waals surface area contributed by atoms with E-state index in [4.69, 9.17) is 28.3 Å². The van der Waals surface area contributed by atoms with Crippen molar-refractivity contribution in [1.29, 1.82) is 0 Å². The van der Waals surface area contributed by atoms with Gasteiger partial charge in [0, 0.05) is 24.7 Å². The number of aromatic nitrogens is 4. The van der Waals surface area contributed by atoms with E-state index in [0.29, 0.717) is 11.1 Å². The number of nitrogens with zero attached hydrogens (tertiary/aromatic N) is 3. The van der Waals surface area contributed by atoms with Crippen LogP contribution in [0.15, 0.2) is 82.1 Å². The van der Waals surface area contributed by atoms with Crippen LogP contribution in [-0.4, -0.2) is 31.8 Å². The molecule has 0 amide bonds. The fourth-order valence-corrected chi connectivity index (χ4v) is 4.38. The monoisotopic (exact) mass is 802 g/mol. The van der Waals surface area contributed by atoms with Crippen molar-refractivity contribution in [3.63, 3.8) is 0 Å². The van der Waals surface area contributed by atoms with Crippen LogP contribution in [0, 0.1) is 18.8 Å². The summed E-state index contributed by atoms with van der Waals surface area (Å²) < 4.78 is 15.1. The van der Waals surface area contributed by atoms with Crippen molar-refractivity contribution < 1.29 is 9.50 Å². The number of aliphatic hydroxyl groups excluding tert-OH is 1. The van der Waals surface area contributed by atoms with Crippen LogP contribution in [0.1, 0.15) is 138 Å². The molecule has 1 aromatic carbocycles. The standard InChI is InChI=1S/C20H27ClN2O.C12H13F.C8H13ClN2O.2C2H6.CH4O/c1-7-9-15(3)10-11-16(8-2)12-13-17-14-22-23(20(4,5)6)19(24)18(17)21;1-2-3-4-5-11-6-8-12(10-13)9-7-11;1-5-6(9)7(12)11(10-5)8(2,3)4;3*1-2/h8,10-14H,3,7,9H2,1-2,4-6H3;6-9H,2-3,10H2,1H3;10H,1-4H3;2*1-2H3;2H,1H3/b11-10-,13-12+,16-8+;;;;;. The molecule has 2 heterocycles. The Balaban J connectivity index is -0.000000738. The Kier molecular flexibility index (Phi) is 30.6. The molecular weight excluding hydrogens is 734 g/mol. The van der Waals surface area contributed by atoms with Gasteiger partial charge in [-0.3, -0.25) is 14.7 Å². The Morgan fingerprint density at radius 3 is 1.87 bits per heavy atom. The van der Waals surface area contributed by atoms with Gasteiger partial charge in [-0.2, -0.15) is 5.10 Å². The summed E-state index contributed by atoms with van der Waals surface area (Å²) in [6.45, 7) is 31.2. The average Bonchev–Trinajstić information content (AvgIpc) is 3.44. The van der Waals surface area contributed by atoms with Crippen LogP contribution in [0.2, 0.25) is 10.0 Å². The molecule has 3 aromatic rings. The molecule has 0 aliphatic rings. The van der Waals surface area contributed by atoms with E-state index in [0.717, 1.165) is 55.2 Å². The first-order valence-electron chi connectivity index (χ1n) is 19.0. The van der Waals surface area contributed by atoms with Crippen LogP contribution in [0.5, 0.6) is 0 Å². The van der Waals surface area contributed by atoms with E-state index in [1.54, 1.807) is 25.3 Å². The second-order valence-electron chi connectivity index (χ2n) is 13.4. The normalized spacial score (nSPS) is 10.9. The number of hydrogen-bond donors (Lipinski definition) is 2. The fourth-order valence-electron chi connectivity index (χ4n) is 4.06. The van der Waals surface area contributed by atoms with Crippen molar-refractivity contribution in [3.8, 4) is 11.8 Å². The molecule has 0 saturated heterocycles. The molecule has 55 heavy (non-hydrogen) atoms. The molecule has 0 unspecified atom stereocenters. The number of H-pyrrole nitrogens is 1. The fraction of sp³-hybridized carbons (Fsp3) is 0.489. The number of aryl methyl sites for hydroxylation is 1. The van der Waals surface area contributed by atoms with E-state index in [-0.39, 0.29) is 26.7 Å². The van der Waals surface area contributed by atoms with E-state index in [9.17, 15) is 14.0 Å². The Hall–Kier alpha value is -3.90. The number of aromatic amines is 1. The van der Waals surface area contributed by atoms with Gasteiger partial charge >= 0.3 is 0 Å². The van der Waals surface area contributed by atoms with Crippen LogP contribution >= 0.6 is 23.2 Å². The van der Waals surface area contributed by atoms with Crippen molar-refractivity contribution in [2.24, 2.45) is 0 Å². The first-order chi connectivity index (χ1) is 25.9. The summed E-state index contributed by atoms with van der Waals surface area (Å²) in [5, 5.41) is 14.6. The lowest BCUT2D eigenvalue weighted by atomic mass is 10.1. The highest BCUT2D eigenvalue weighted by Gasteiger charge is 2.20. The highest BCUT2D eigenvalue weighted by Crippen LogP contribution is 2.17. The van der Waals surface area contributed by atoms with Gasteiger partial charge in [0.1, 0.15) is 16.7 Å². The second kappa shape index (κ2) is 30.3. The molecule has 10 heteroatoms. The van der Waals surface area contributed by atoms with Crippen LogP contribution in [0.3, 0.4) is 0 Å². The summed E-state index contributed by atoms with van der Waals surface area (Å²) in [4.78, 5) is 23.8. The first kappa shape index (κ1) is 55.4. The summed E-state index contributed by atoms with van der Waals surface area (Å²) in [5.41, 5.74) is 4.04. The van der Waals surface area contributed by atoms with Gasteiger partial charge in [0.15, 0.2) is 0 Å². The van der Waals surface area contributed by atoms with Gasteiger partial charge in [-0.15, -0.1) is 0 Å². The van der Waals surface area contributed by atoms with E-state index >= 15 is 0 Å². The molecule has 0 bridgehead atoms. The van der Waals surface area contributed by atoms with Gasteiger partial charge in [-0.05, 0) is 91.5 Å². The molecule has 0 aliphatic carbocycles. The van der Waals surface area contributed by atoms with Gasteiger partial charge in [0.05, 0.1) is 23.0 Å². The largest absolute Gasteiger partial charge is 0.400 e. The summed E-state index contributed by atoms with van der Waals surface area (Å²) in [6, 6.07) is 7.26. The zero-order chi connectivity index (χ0) is 43.4. The van der Waals surface area contributed by atoms with Crippen LogP contribution in [0.25, 0.3) is 6.08 Å². The van der Waals surface area contributed by atoms with E-state index < -0.39 is 12.2 Å². The maximum absolute atomic E-state index is 12.3. The molecule has 0 atom stereocenters.